The van der Waals surface area contributed by atoms with Gasteiger partial charge in [-0.1, -0.05) is 0 Å². The Morgan fingerprint density at radius 1 is 1.47 bits per heavy atom. The highest BCUT2D eigenvalue weighted by atomic mass is 16.1. The SMILES string of the molecule is Cc1nc2c(c(=O)[nH]1)CN(Cc1ccnn1C)CC2. The summed E-state index contributed by atoms with van der Waals surface area (Å²) in [6.07, 6.45) is 2.63. The van der Waals surface area contributed by atoms with E-state index in [1.807, 2.05) is 24.7 Å². The molecule has 0 aliphatic carbocycles. The highest BCUT2D eigenvalue weighted by molar-refractivity contribution is 5.20. The second-order valence-electron chi connectivity index (χ2n) is 4.98. The minimum absolute atomic E-state index is 0.00259. The van der Waals surface area contributed by atoms with Crippen molar-refractivity contribution in [2.45, 2.75) is 26.4 Å². The van der Waals surface area contributed by atoms with Crippen molar-refractivity contribution in [2.75, 3.05) is 6.54 Å². The van der Waals surface area contributed by atoms with Crippen molar-refractivity contribution in [3.63, 3.8) is 0 Å². The Hall–Kier alpha value is -1.95. The molecule has 0 radical (unpaired) electrons. The summed E-state index contributed by atoms with van der Waals surface area (Å²) in [6.45, 7) is 4.21. The molecule has 0 bridgehead atoms. The van der Waals surface area contributed by atoms with Crippen molar-refractivity contribution in [1.82, 2.24) is 24.6 Å². The second-order valence-corrected chi connectivity index (χ2v) is 4.98. The maximum Gasteiger partial charge on any atom is 0.255 e. The van der Waals surface area contributed by atoms with Gasteiger partial charge in [0.25, 0.3) is 5.56 Å². The molecule has 0 aromatic carbocycles. The van der Waals surface area contributed by atoms with Crippen LogP contribution in [0.2, 0.25) is 0 Å². The lowest BCUT2D eigenvalue weighted by Gasteiger charge is -2.27. The lowest BCUT2D eigenvalue weighted by Crippen LogP contribution is -2.36. The van der Waals surface area contributed by atoms with Crippen LogP contribution in [-0.2, 0) is 26.6 Å². The van der Waals surface area contributed by atoms with E-state index in [0.29, 0.717) is 12.4 Å². The Kier molecular flexibility index (Phi) is 2.94. The van der Waals surface area contributed by atoms with E-state index in [9.17, 15) is 4.79 Å². The van der Waals surface area contributed by atoms with Gasteiger partial charge in [-0.25, -0.2) is 4.98 Å². The van der Waals surface area contributed by atoms with E-state index in [-0.39, 0.29) is 5.56 Å². The quantitative estimate of drug-likeness (QED) is 0.846. The minimum atomic E-state index is -0.00259. The Morgan fingerprint density at radius 3 is 3.05 bits per heavy atom. The summed E-state index contributed by atoms with van der Waals surface area (Å²) in [4.78, 5) is 21.4. The predicted octanol–water partition coefficient (Wildman–Crippen LogP) is 0.370. The number of H-pyrrole nitrogens is 1. The molecule has 0 unspecified atom stereocenters. The normalized spacial score (nSPS) is 15.5. The molecule has 0 fully saturated rings. The largest absolute Gasteiger partial charge is 0.310 e. The van der Waals surface area contributed by atoms with E-state index in [4.69, 9.17) is 0 Å². The summed E-state index contributed by atoms with van der Waals surface area (Å²) >= 11 is 0. The molecule has 1 N–H and O–H groups in total. The van der Waals surface area contributed by atoms with Crippen LogP contribution < -0.4 is 5.56 Å². The first-order chi connectivity index (χ1) is 9.13. The molecule has 0 spiro atoms. The van der Waals surface area contributed by atoms with Gasteiger partial charge in [-0.15, -0.1) is 0 Å². The van der Waals surface area contributed by atoms with Crippen LogP contribution in [0.25, 0.3) is 0 Å². The molecule has 19 heavy (non-hydrogen) atoms. The van der Waals surface area contributed by atoms with Crippen LogP contribution in [0.1, 0.15) is 22.8 Å². The molecule has 6 nitrogen and oxygen atoms in total. The maximum atomic E-state index is 12.0. The zero-order valence-electron chi connectivity index (χ0n) is 11.2. The molecule has 0 saturated carbocycles. The summed E-state index contributed by atoms with van der Waals surface area (Å²) < 4.78 is 1.87. The lowest BCUT2D eigenvalue weighted by atomic mass is 10.1. The highest BCUT2D eigenvalue weighted by Gasteiger charge is 2.21. The van der Waals surface area contributed by atoms with Crippen molar-refractivity contribution >= 4 is 0 Å². The van der Waals surface area contributed by atoms with Gasteiger partial charge in [-0.3, -0.25) is 14.4 Å². The van der Waals surface area contributed by atoms with Crippen molar-refractivity contribution in [1.29, 1.82) is 0 Å². The van der Waals surface area contributed by atoms with Crippen LogP contribution in [0.4, 0.5) is 0 Å². The summed E-state index contributed by atoms with van der Waals surface area (Å²) in [7, 11) is 1.94. The number of rotatable bonds is 2. The number of hydrogen-bond donors (Lipinski definition) is 1. The molecule has 1 aliphatic rings. The maximum absolute atomic E-state index is 12.0. The monoisotopic (exact) mass is 259 g/mol. The molecule has 100 valence electrons. The van der Waals surface area contributed by atoms with Gasteiger partial charge in [0, 0.05) is 39.3 Å². The topological polar surface area (TPSA) is 66.8 Å². The van der Waals surface area contributed by atoms with Gasteiger partial charge in [0.15, 0.2) is 0 Å². The van der Waals surface area contributed by atoms with Gasteiger partial charge in [0.2, 0.25) is 0 Å². The van der Waals surface area contributed by atoms with Crippen molar-refractivity contribution < 1.29 is 0 Å². The van der Waals surface area contributed by atoms with Crippen LogP contribution in [0.3, 0.4) is 0 Å². The standard InChI is InChI=1S/C13H17N5O/c1-9-15-12-4-6-18(8-11(12)13(19)16-9)7-10-3-5-14-17(10)2/h3,5H,4,6-8H2,1-2H3,(H,15,16,19). The van der Waals surface area contributed by atoms with Gasteiger partial charge in [0.1, 0.15) is 5.82 Å². The van der Waals surface area contributed by atoms with Crippen molar-refractivity contribution in [2.24, 2.45) is 7.05 Å². The van der Waals surface area contributed by atoms with Crippen LogP contribution in [0.15, 0.2) is 17.1 Å². The van der Waals surface area contributed by atoms with Crippen LogP contribution in [0, 0.1) is 6.92 Å². The first-order valence-corrected chi connectivity index (χ1v) is 6.41. The number of nitrogens with zero attached hydrogens (tertiary/aromatic N) is 4. The van der Waals surface area contributed by atoms with E-state index in [0.717, 1.165) is 36.5 Å². The predicted molar refractivity (Wildman–Crippen MR) is 70.6 cm³/mol. The van der Waals surface area contributed by atoms with Gasteiger partial charge < -0.3 is 4.98 Å². The third kappa shape index (κ3) is 2.31. The zero-order chi connectivity index (χ0) is 13.4. The average molecular weight is 259 g/mol. The highest BCUT2D eigenvalue weighted by Crippen LogP contribution is 2.15. The van der Waals surface area contributed by atoms with Gasteiger partial charge in [0.05, 0.1) is 17.0 Å². The van der Waals surface area contributed by atoms with Gasteiger partial charge in [-0.05, 0) is 13.0 Å². The molecular weight excluding hydrogens is 242 g/mol. The van der Waals surface area contributed by atoms with E-state index in [1.165, 1.54) is 0 Å². The molecule has 3 heterocycles. The molecular formula is C13H17N5O. The fourth-order valence-electron chi connectivity index (χ4n) is 2.53. The lowest BCUT2D eigenvalue weighted by molar-refractivity contribution is 0.235. The fraction of sp³-hybridized carbons (Fsp3) is 0.462. The summed E-state index contributed by atoms with van der Waals surface area (Å²) in [5.74, 6) is 0.698. The third-order valence-corrected chi connectivity index (χ3v) is 3.57. The minimum Gasteiger partial charge on any atom is -0.310 e. The summed E-state index contributed by atoms with van der Waals surface area (Å²) in [6, 6.07) is 2.01. The molecule has 0 saturated heterocycles. The molecule has 6 heteroatoms. The van der Waals surface area contributed by atoms with E-state index in [1.54, 1.807) is 6.20 Å². The van der Waals surface area contributed by atoms with E-state index < -0.39 is 0 Å². The number of aryl methyl sites for hydroxylation is 2. The fourth-order valence-corrected chi connectivity index (χ4v) is 2.53. The molecule has 0 amide bonds. The van der Waals surface area contributed by atoms with Gasteiger partial charge in [-0.2, -0.15) is 5.10 Å². The van der Waals surface area contributed by atoms with Crippen LogP contribution >= 0.6 is 0 Å². The Bertz CT molecular complexity index is 657. The number of aromatic nitrogens is 4. The molecule has 2 aromatic rings. The van der Waals surface area contributed by atoms with Crippen LogP contribution in [0.5, 0.6) is 0 Å². The first kappa shape index (κ1) is 12.1. The Balaban J connectivity index is 1.83. The number of hydrogen-bond acceptors (Lipinski definition) is 4. The van der Waals surface area contributed by atoms with E-state index >= 15 is 0 Å². The smallest absolute Gasteiger partial charge is 0.255 e. The molecule has 1 aliphatic heterocycles. The number of aromatic amines is 1. The van der Waals surface area contributed by atoms with Crippen molar-refractivity contribution in [3.05, 3.63) is 45.4 Å². The van der Waals surface area contributed by atoms with Crippen molar-refractivity contribution in [3.8, 4) is 0 Å². The van der Waals surface area contributed by atoms with Crippen LogP contribution in [-0.4, -0.2) is 31.2 Å². The first-order valence-electron chi connectivity index (χ1n) is 6.41. The Labute approximate surface area is 111 Å². The molecule has 0 atom stereocenters. The summed E-state index contributed by atoms with van der Waals surface area (Å²) in [5.41, 5.74) is 2.90. The molecule has 2 aromatic heterocycles. The number of fused-ring (bicyclic) bond motifs is 1. The summed E-state index contributed by atoms with van der Waals surface area (Å²) in [5, 5.41) is 4.17. The second kappa shape index (κ2) is 4.62. The molecule has 3 rings (SSSR count). The van der Waals surface area contributed by atoms with Gasteiger partial charge >= 0.3 is 0 Å². The van der Waals surface area contributed by atoms with E-state index in [2.05, 4.69) is 20.0 Å². The average Bonchev–Trinajstić information content (AvgIpc) is 2.76. The Morgan fingerprint density at radius 2 is 2.32 bits per heavy atom. The zero-order valence-corrected chi connectivity index (χ0v) is 11.2. The third-order valence-electron chi connectivity index (χ3n) is 3.57. The number of nitrogens with one attached hydrogen (secondary N) is 1.